The Morgan fingerprint density at radius 1 is 1.25 bits per heavy atom. The second kappa shape index (κ2) is 6.80. The maximum Gasteiger partial charge on any atom is 0.271 e. The number of anilines is 2. The van der Waals surface area contributed by atoms with E-state index in [1.54, 1.807) is 29.6 Å². The topological polar surface area (TPSA) is 102 Å². The molecule has 0 saturated carbocycles. The zero-order valence-corrected chi connectivity index (χ0v) is 14.4. The van der Waals surface area contributed by atoms with Gasteiger partial charge in [-0.2, -0.15) is 0 Å². The monoisotopic (exact) mass is 367 g/mol. The molecule has 3 rings (SSSR count). The average molecular weight is 367 g/mol. The molecule has 0 bridgehead atoms. The first kappa shape index (κ1) is 16.7. The van der Waals surface area contributed by atoms with Crippen molar-refractivity contribution in [3.8, 4) is 0 Å². The van der Waals surface area contributed by atoms with Crippen LogP contribution >= 0.6 is 11.3 Å². The Morgan fingerprint density at radius 3 is 2.62 bits per heavy atom. The Morgan fingerprint density at radius 2 is 2.00 bits per heavy atom. The fourth-order valence-corrected chi connectivity index (χ4v) is 4.53. The molecule has 1 aromatic carbocycles. The number of primary amides is 1. The lowest BCUT2D eigenvalue weighted by Crippen LogP contribution is -2.36. The summed E-state index contributed by atoms with van der Waals surface area (Å²) in [4.78, 5) is 13.8. The second-order valence-electron chi connectivity index (χ2n) is 5.23. The molecule has 24 heavy (non-hydrogen) atoms. The maximum absolute atomic E-state index is 12.3. The first-order valence-corrected chi connectivity index (χ1v) is 9.66. The number of hydrogen-bond acceptors (Lipinski definition) is 6. The third-order valence-corrected chi connectivity index (χ3v) is 6.41. The lowest BCUT2D eigenvalue weighted by Gasteiger charge is -2.29. The molecular weight excluding hydrogens is 350 g/mol. The summed E-state index contributed by atoms with van der Waals surface area (Å²) in [6.45, 7) is 2.63. The minimum absolute atomic E-state index is 0.138. The molecule has 0 atom stereocenters. The van der Waals surface area contributed by atoms with Crippen molar-refractivity contribution in [1.29, 1.82) is 0 Å². The van der Waals surface area contributed by atoms with Crippen LogP contribution in [0.15, 0.2) is 39.9 Å². The predicted molar refractivity (Wildman–Crippen MR) is 93.1 cm³/mol. The van der Waals surface area contributed by atoms with Gasteiger partial charge >= 0.3 is 0 Å². The quantitative estimate of drug-likeness (QED) is 0.833. The van der Waals surface area contributed by atoms with Crippen molar-refractivity contribution in [3.05, 3.63) is 41.3 Å². The zero-order valence-electron chi connectivity index (χ0n) is 12.8. The molecule has 2 heterocycles. The first-order chi connectivity index (χ1) is 11.5. The summed E-state index contributed by atoms with van der Waals surface area (Å²) in [5.74, 6) is -0.686. The van der Waals surface area contributed by atoms with E-state index in [0.29, 0.717) is 26.3 Å². The van der Waals surface area contributed by atoms with Gasteiger partial charge in [-0.3, -0.25) is 9.52 Å². The number of hydrogen-bond donors (Lipinski definition) is 2. The van der Waals surface area contributed by atoms with Crippen molar-refractivity contribution in [2.45, 2.75) is 4.21 Å². The minimum atomic E-state index is -3.74. The van der Waals surface area contributed by atoms with Crippen molar-refractivity contribution in [3.63, 3.8) is 0 Å². The van der Waals surface area contributed by atoms with E-state index in [2.05, 4.69) is 9.62 Å². The van der Waals surface area contributed by atoms with Crippen LogP contribution < -0.4 is 15.4 Å². The SMILES string of the molecule is NC(=O)c1cc(N2CCOCC2)ccc1NS(=O)(=O)c1cccs1. The van der Waals surface area contributed by atoms with E-state index in [1.807, 2.05) is 0 Å². The van der Waals surface area contributed by atoms with E-state index in [-0.39, 0.29) is 15.5 Å². The molecule has 1 aliphatic heterocycles. The summed E-state index contributed by atoms with van der Waals surface area (Å²) < 4.78 is 32.6. The largest absolute Gasteiger partial charge is 0.378 e. The molecule has 1 amide bonds. The van der Waals surface area contributed by atoms with Crippen molar-refractivity contribution >= 4 is 38.6 Å². The Kier molecular flexibility index (Phi) is 4.74. The number of benzene rings is 1. The standard InChI is InChI=1S/C15H17N3O4S2/c16-15(19)12-10-11(18-5-7-22-8-6-18)3-4-13(12)17-24(20,21)14-2-1-9-23-14/h1-4,9-10,17H,5-8H2,(H2,16,19). The maximum atomic E-state index is 12.3. The van der Waals surface area contributed by atoms with Crippen LogP contribution in [0, 0.1) is 0 Å². The zero-order chi connectivity index (χ0) is 17.2. The van der Waals surface area contributed by atoms with E-state index in [9.17, 15) is 13.2 Å². The molecule has 7 nitrogen and oxygen atoms in total. The summed E-state index contributed by atoms with van der Waals surface area (Å²) >= 11 is 1.10. The molecule has 1 saturated heterocycles. The van der Waals surface area contributed by atoms with E-state index in [4.69, 9.17) is 10.5 Å². The Labute approximate surface area is 144 Å². The fourth-order valence-electron chi connectivity index (χ4n) is 2.45. The summed E-state index contributed by atoms with van der Waals surface area (Å²) in [7, 11) is -3.74. The van der Waals surface area contributed by atoms with Crippen LogP contribution in [0.5, 0.6) is 0 Å². The van der Waals surface area contributed by atoms with Crippen LogP contribution in [0.25, 0.3) is 0 Å². The molecule has 9 heteroatoms. The van der Waals surface area contributed by atoms with Crippen LogP contribution in [-0.2, 0) is 14.8 Å². The van der Waals surface area contributed by atoms with E-state index in [0.717, 1.165) is 17.0 Å². The number of nitrogens with zero attached hydrogens (tertiary/aromatic N) is 1. The molecule has 0 radical (unpaired) electrons. The number of thiophene rings is 1. The van der Waals surface area contributed by atoms with Gasteiger partial charge in [0.1, 0.15) is 4.21 Å². The van der Waals surface area contributed by atoms with Gasteiger partial charge in [-0.15, -0.1) is 11.3 Å². The molecule has 3 N–H and O–H groups in total. The minimum Gasteiger partial charge on any atom is -0.378 e. The lowest BCUT2D eigenvalue weighted by atomic mass is 10.1. The van der Waals surface area contributed by atoms with E-state index < -0.39 is 15.9 Å². The van der Waals surface area contributed by atoms with Crippen molar-refractivity contribution < 1.29 is 17.9 Å². The Bertz CT molecular complexity index is 828. The van der Waals surface area contributed by atoms with Gasteiger partial charge in [0, 0.05) is 18.8 Å². The molecule has 0 unspecified atom stereocenters. The van der Waals surface area contributed by atoms with Gasteiger partial charge in [0.2, 0.25) is 0 Å². The highest BCUT2D eigenvalue weighted by molar-refractivity contribution is 7.94. The highest BCUT2D eigenvalue weighted by atomic mass is 32.2. The van der Waals surface area contributed by atoms with Crippen molar-refractivity contribution in [2.75, 3.05) is 35.9 Å². The number of ether oxygens (including phenoxy) is 1. The van der Waals surface area contributed by atoms with Gasteiger partial charge in [0.05, 0.1) is 24.5 Å². The number of rotatable bonds is 5. The molecular formula is C15H17N3O4S2. The number of carbonyl (C=O) groups excluding carboxylic acids is 1. The predicted octanol–water partition coefficient (Wildman–Crippen LogP) is 1.48. The number of sulfonamides is 1. The summed E-state index contributed by atoms with van der Waals surface area (Å²) in [6, 6.07) is 8.09. The van der Waals surface area contributed by atoms with Gasteiger partial charge in [0.15, 0.2) is 0 Å². The highest BCUT2D eigenvalue weighted by Crippen LogP contribution is 2.27. The molecule has 1 aliphatic rings. The van der Waals surface area contributed by atoms with E-state index in [1.165, 1.54) is 6.07 Å². The summed E-state index contributed by atoms with van der Waals surface area (Å²) in [6.07, 6.45) is 0. The van der Waals surface area contributed by atoms with Crippen LogP contribution in [0.3, 0.4) is 0 Å². The van der Waals surface area contributed by atoms with Crippen LogP contribution in [-0.4, -0.2) is 40.6 Å². The van der Waals surface area contributed by atoms with Gasteiger partial charge in [-0.25, -0.2) is 8.42 Å². The van der Waals surface area contributed by atoms with Gasteiger partial charge < -0.3 is 15.4 Å². The average Bonchev–Trinajstić information content (AvgIpc) is 3.11. The second-order valence-corrected chi connectivity index (χ2v) is 8.09. The molecule has 0 aliphatic carbocycles. The number of nitrogens with two attached hydrogens (primary N) is 1. The van der Waals surface area contributed by atoms with Gasteiger partial charge in [0.25, 0.3) is 15.9 Å². The van der Waals surface area contributed by atoms with Gasteiger partial charge in [-0.05, 0) is 29.6 Å². The molecule has 0 spiro atoms. The summed E-state index contributed by atoms with van der Waals surface area (Å²) in [5.41, 5.74) is 6.56. The number of amides is 1. The van der Waals surface area contributed by atoms with E-state index >= 15 is 0 Å². The van der Waals surface area contributed by atoms with Gasteiger partial charge in [-0.1, -0.05) is 6.07 Å². The third kappa shape index (κ3) is 3.53. The molecule has 128 valence electrons. The summed E-state index contributed by atoms with van der Waals surface area (Å²) in [5, 5.41) is 1.67. The smallest absolute Gasteiger partial charge is 0.271 e. The number of carbonyl (C=O) groups is 1. The fraction of sp³-hybridized carbons (Fsp3) is 0.267. The molecule has 2 aromatic rings. The number of morpholine rings is 1. The van der Waals surface area contributed by atoms with Crippen molar-refractivity contribution in [2.24, 2.45) is 5.73 Å². The van der Waals surface area contributed by atoms with Crippen LogP contribution in [0.4, 0.5) is 11.4 Å². The normalized spacial score (nSPS) is 15.2. The first-order valence-electron chi connectivity index (χ1n) is 7.30. The van der Waals surface area contributed by atoms with Crippen LogP contribution in [0.2, 0.25) is 0 Å². The van der Waals surface area contributed by atoms with Crippen LogP contribution in [0.1, 0.15) is 10.4 Å². The molecule has 1 fully saturated rings. The lowest BCUT2D eigenvalue weighted by molar-refractivity contribution is 0.100. The Balaban J connectivity index is 1.92. The third-order valence-electron chi connectivity index (χ3n) is 3.65. The molecule has 1 aromatic heterocycles. The van der Waals surface area contributed by atoms with Crippen molar-refractivity contribution in [1.82, 2.24) is 0 Å². The number of nitrogens with one attached hydrogen (secondary N) is 1. The Hall–Kier alpha value is -2.10. The highest BCUT2D eigenvalue weighted by Gasteiger charge is 2.20.